The summed E-state index contributed by atoms with van der Waals surface area (Å²) in [5.74, 6) is 0.265. The van der Waals surface area contributed by atoms with Gasteiger partial charge in [0.1, 0.15) is 11.8 Å². The predicted octanol–water partition coefficient (Wildman–Crippen LogP) is 3.36. The lowest BCUT2D eigenvalue weighted by molar-refractivity contribution is -0.119. The van der Waals surface area contributed by atoms with Crippen molar-refractivity contribution in [3.8, 4) is 5.75 Å². The number of benzene rings is 2. The number of nitrogen functional groups attached to an aromatic ring is 1. The van der Waals surface area contributed by atoms with Crippen LogP contribution in [0.15, 0.2) is 35.2 Å². The van der Waals surface area contributed by atoms with Crippen LogP contribution in [0.3, 0.4) is 0 Å². The molecule has 0 radical (unpaired) electrons. The highest BCUT2D eigenvalue weighted by Crippen LogP contribution is 2.32. The molecule has 2 unspecified atom stereocenters. The zero-order valence-electron chi connectivity index (χ0n) is 16.2. The molecular weight excluding hydrogens is 412 g/mol. The molecule has 154 valence electrons. The van der Waals surface area contributed by atoms with Crippen LogP contribution in [0.4, 0.5) is 11.4 Å². The van der Waals surface area contributed by atoms with Crippen molar-refractivity contribution >= 4 is 46.5 Å². The van der Waals surface area contributed by atoms with E-state index in [0.29, 0.717) is 45.6 Å². The highest BCUT2D eigenvalue weighted by Gasteiger charge is 2.40. The Morgan fingerprint density at radius 2 is 2.21 bits per heavy atom. The number of hydrogen-bond acceptors (Lipinski definition) is 6. The molecule has 0 spiro atoms. The van der Waals surface area contributed by atoms with E-state index < -0.39 is 17.4 Å². The first-order chi connectivity index (χ1) is 13.8. The van der Waals surface area contributed by atoms with E-state index in [9.17, 15) is 9.35 Å². The maximum atomic E-state index is 13.3. The van der Waals surface area contributed by atoms with Crippen molar-refractivity contribution in [2.45, 2.75) is 30.7 Å². The smallest absolute Gasteiger partial charge is 0.246 e. The van der Waals surface area contributed by atoms with E-state index >= 15 is 0 Å². The molecule has 2 atom stereocenters. The number of methoxy groups -OCH3 is 1. The molecule has 0 aliphatic carbocycles. The van der Waals surface area contributed by atoms with Gasteiger partial charge in [-0.05, 0) is 49.6 Å². The van der Waals surface area contributed by atoms with Gasteiger partial charge in [-0.3, -0.25) is 4.79 Å². The van der Waals surface area contributed by atoms with E-state index in [1.54, 1.807) is 34.6 Å². The highest BCUT2D eigenvalue weighted by atomic mass is 35.5. The number of halogens is 1. The zero-order valence-corrected chi connectivity index (χ0v) is 17.8. The van der Waals surface area contributed by atoms with Gasteiger partial charge in [0.05, 0.1) is 29.2 Å². The van der Waals surface area contributed by atoms with Crippen LogP contribution in [0.1, 0.15) is 24.0 Å². The van der Waals surface area contributed by atoms with Gasteiger partial charge in [-0.2, -0.15) is 0 Å². The summed E-state index contributed by atoms with van der Waals surface area (Å²) in [6.07, 6.45) is 2.48. The lowest BCUT2D eigenvalue weighted by Gasteiger charge is -2.26. The Kier molecular flexibility index (Phi) is 6.69. The molecule has 3 rings (SSSR count). The second-order valence-electron chi connectivity index (χ2n) is 6.80. The molecular formula is C20H23ClN4O3S. The van der Waals surface area contributed by atoms with E-state index in [-0.39, 0.29) is 5.91 Å². The molecule has 0 saturated carbocycles. The Bertz CT molecular complexity index is 940. The van der Waals surface area contributed by atoms with Gasteiger partial charge in [-0.15, -0.1) is 4.31 Å². The Morgan fingerprint density at radius 3 is 2.86 bits per heavy atom. The number of rotatable bonds is 6. The number of carbonyl (C=O) groups is 1. The van der Waals surface area contributed by atoms with Gasteiger partial charge in [-0.25, -0.2) is 0 Å². The zero-order chi connectivity index (χ0) is 21.1. The van der Waals surface area contributed by atoms with Crippen LogP contribution in [0, 0.1) is 12.3 Å². The van der Waals surface area contributed by atoms with Crippen LogP contribution in [0.25, 0.3) is 0 Å². The summed E-state index contributed by atoms with van der Waals surface area (Å²) in [4.78, 5) is 13.3. The fourth-order valence-corrected chi connectivity index (χ4v) is 5.18. The molecule has 1 amide bonds. The third-order valence-electron chi connectivity index (χ3n) is 4.80. The van der Waals surface area contributed by atoms with Crippen molar-refractivity contribution in [2.24, 2.45) is 0 Å². The van der Waals surface area contributed by atoms with E-state index in [1.165, 1.54) is 7.11 Å². The minimum Gasteiger partial charge on any atom is -0.593 e. The van der Waals surface area contributed by atoms with Crippen LogP contribution in [0.5, 0.6) is 5.75 Å². The van der Waals surface area contributed by atoms with E-state index in [4.69, 9.17) is 27.5 Å². The van der Waals surface area contributed by atoms with Gasteiger partial charge in [-0.1, -0.05) is 11.6 Å². The number of nitrogens with two attached hydrogens (primary N) is 1. The van der Waals surface area contributed by atoms with Crippen molar-refractivity contribution in [1.29, 1.82) is 5.41 Å². The SMILES string of the molecule is COc1ccc(NC(=O)C2CCCN2[S+]([O-])c2cc(C)cc(C=N)c2N)cc1Cl. The van der Waals surface area contributed by atoms with Gasteiger partial charge >= 0.3 is 0 Å². The molecule has 1 aliphatic heterocycles. The van der Waals surface area contributed by atoms with E-state index in [1.807, 2.05) is 6.92 Å². The van der Waals surface area contributed by atoms with Gasteiger partial charge in [0.15, 0.2) is 4.90 Å². The first-order valence-corrected chi connectivity index (χ1v) is 10.6. The second-order valence-corrected chi connectivity index (χ2v) is 8.61. The molecule has 0 bridgehead atoms. The first-order valence-electron chi connectivity index (χ1n) is 9.09. The minimum atomic E-state index is -1.61. The van der Waals surface area contributed by atoms with Gasteiger partial charge < -0.3 is 25.7 Å². The minimum absolute atomic E-state index is 0.254. The maximum Gasteiger partial charge on any atom is 0.246 e. The Labute approximate surface area is 178 Å². The number of hydrogen-bond donors (Lipinski definition) is 3. The van der Waals surface area contributed by atoms with Crippen molar-refractivity contribution in [2.75, 3.05) is 24.7 Å². The average molecular weight is 435 g/mol. The fraction of sp³-hybridized carbons (Fsp3) is 0.300. The molecule has 29 heavy (non-hydrogen) atoms. The molecule has 2 aromatic rings. The fourth-order valence-electron chi connectivity index (χ4n) is 3.35. The first kappa shape index (κ1) is 21.4. The molecule has 1 saturated heterocycles. The summed E-state index contributed by atoms with van der Waals surface area (Å²) in [6.45, 7) is 2.37. The standard InChI is InChI=1S/C20H23ClN4O3S/c1-12-8-13(11-22)19(23)18(9-12)29(27)25-7-3-4-16(25)20(26)24-14-5-6-17(28-2)15(21)10-14/h5-6,8-11,16,22H,3-4,7,23H2,1-2H3,(H,24,26). The van der Waals surface area contributed by atoms with Crippen LogP contribution in [-0.4, -0.2) is 40.7 Å². The summed E-state index contributed by atoms with van der Waals surface area (Å²) >= 11 is 4.51. The van der Waals surface area contributed by atoms with Crippen molar-refractivity contribution in [3.63, 3.8) is 0 Å². The summed E-state index contributed by atoms with van der Waals surface area (Å²) in [7, 11) is 1.52. The number of anilines is 2. The highest BCUT2D eigenvalue weighted by molar-refractivity contribution is 7.89. The number of carbonyl (C=O) groups excluding carboxylic acids is 1. The van der Waals surface area contributed by atoms with Crippen LogP contribution >= 0.6 is 11.6 Å². The van der Waals surface area contributed by atoms with Crippen molar-refractivity contribution < 1.29 is 14.1 Å². The quantitative estimate of drug-likeness (QED) is 0.366. The molecule has 0 aromatic heterocycles. The normalized spacial score (nSPS) is 17.7. The summed E-state index contributed by atoms with van der Waals surface area (Å²) in [5, 5.41) is 10.7. The largest absolute Gasteiger partial charge is 0.593 e. The number of nitrogens with zero attached hydrogens (tertiary/aromatic N) is 1. The van der Waals surface area contributed by atoms with Crippen LogP contribution in [-0.2, 0) is 16.2 Å². The maximum absolute atomic E-state index is 13.3. The molecule has 1 heterocycles. The molecule has 1 fully saturated rings. The average Bonchev–Trinajstić information content (AvgIpc) is 3.19. The van der Waals surface area contributed by atoms with Crippen molar-refractivity contribution in [1.82, 2.24) is 4.31 Å². The summed E-state index contributed by atoms with van der Waals surface area (Å²) < 4.78 is 20.0. The molecule has 2 aromatic carbocycles. The molecule has 4 N–H and O–H groups in total. The van der Waals surface area contributed by atoms with Crippen LogP contribution < -0.4 is 15.8 Å². The number of nitrogens with one attached hydrogen (secondary N) is 2. The summed E-state index contributed by atoms with van der Waals surface area (Å²) in [5.41, 5.74) is 8.34. The number of ether oxygens (including phenoxy) is 1. The van der Waals surface area contributed by atoms with Gasteiger partial charge in [0.2, 0.25) is 5.91 Å². The second kappa shape index (κ2) is 9.04. The molecule has 9 heteroatoms. The van der Waals surface area contributed by atoms with Crippen molar-refractivity contribution in [3.05, 3.63) is 46.5 Å². The monoisotopic (exact) mass is 434 g/mol. The number of amides is 1. The summed E-state index contributed by atoms with van der Waals surface area (Å²) in [6, 6.07) is 7.95. The third kappa shape index (κ3) is 4.51. The van der Waals surface area contributed by atoms with Gasteiger partial charge in [0, 0.05) is 30.1 Å². The topological polar surface area (TPSA) is 114 Å². The van der Waals surface area contributed by atoms with Crippen LogP contribution in [0.2, 0.25) is 5.02 Å². The Hall–Kier alpha value is -2.26. The predicted molar refractivity (Wildman–Crippen MR) is 116 cm³/mol. The lowest BCUT2D eigenvalue weighted by atomic mass is 10.1. The Balaban J connectivity index is 1.81. The number of aryl methyl sites for hydroxylation is 1. The Morgan fingerprint density at radius 1 is 1.45 bits per heavy atom. The molecule has 7 nitrogen and oxygen atoms in total. The van der Waals surface area contributed by atoms with Gasteiger partial charge in [0.25, 0.3) is 0 Å². The van der Waals surface area contributed by atoms with E-state index in [0.717, 1.165) is 18.2 Å². The lowest BCUT2D eigenvalue weighted by Crippen LogP contribution is -2.43. The third-order valence-corrected chi connectivity index (χ3v) is 6.67. The van der Waals surface area contributed by atoms with E-state index in [2.05, 4.69) is 5.32 Å². The molecule has 1 aliphatic rings.